The molecule has 0 aromatic carbocycles. The van der Waals surface area contributed by atoms with Gasteiger partial charge < -0.3 is 4.74 Å². The number of esters is 1. The van der Waals surface area contributed by atoms with E-state index in [-0.39, 0.29) is 11.7 Å². The smallest absolute Gasteiger partial charge is 0.315 e. The van der Waals surface area contributed by atoms with E-state index in [0.29, 0.717) is 6.61 Å². The van der Waals surface area contributed by atoms with E-state index in [1.54, 1.807) is 0 Å². The zero-order chi connectivity index (χ0) is 12.8. The molecular weight excluding hydrogens is 232 g/mol. The summed E-state index contributed by atoms with van der Waals surface area (Å²) in [6, 6.07) is 0. The van der Waals surface area contributed by atoms with Crippen molar-refractivity contribution >= 4 is 18.6 Å². The van der Waals surface area contributed by atoms with Crippen LogP contribution < -0.4 is 0 Å². The molecule has 0 heterocycles. The molecule has 0 radical (unpaired) electrons. The Morgan fingerprint density at radius 1 is 0.882 bits per heavy atom. The molecule has 0 aromatic rings. The molecule has 0 spiro atoms. The van der Waals surface area contributed by atoms with Crippen molar-refractivity contribution in [2.45, 2.75) is 71.1 Å². The molecule has 0 fully saturated rings. The average Bonchev–Trinajstić information content (AvgIpc) is 2.35. The van der Waals surface area contributed by atoms with Gasteiger partial charge in [0.1, 0.15) is 0 Å². The first kappa shape index (κ1) is 16.8. The summed E-state index contributed by atoms with van der Waals surface area (Å²) >= 11 is 3.85. The van der Waals surface area contributed by atoms with Crippen LogP contribution in [-0.4, -0.2) is 18.3 Å². The number of rotatable bonds is 12. The molecule has 102 valence electrons. The highest BCUT2D eigenvalue weighted by Gasteiger charge is 1.97. The standard InChI is InChI=1S/C14H28O2S/c1-2-3-4-5-6-7-8-9-10-11-12-16-14(15)13-17/h17H,2-13H2,1H3. The van der Waals surface area contributed by atoms with E-state index in [4.69, 9.17) is 4.74 Å². The number of thiol groups is 1. The summed E-state index contributed by atoms with van der Waals surface area (Å²) in [6.45, 7) is 2.82. The second-order valence-electron chi connectivity index (χ2n) is 4.56. The van der Waals surface area contributed by atoms with Crippen molar-refractivity contribution in [1.29, 1.82) is 0 Å². The van der Waals surface area contributed by atoms with Crippen LogP contribution in [0.5, 0.6) is 0 Å². The molecule has 0 saturated heterocycles. The van der Waals surface area contributed by atoms with E-state index in [9.17, 15) is 4.79 Å². The van der Waals surface area contributed by atoms with Crippen molar-refractivity contribution in [2.24, 2.45) is 0 Å². The van der Waals surface area contributed by atoms with Crippen LogP contribution in [0.2, 0.25) is 0 Å². The largest absolute Gasteiger partial charge is 0.465 e. The van der Waals surface area contributed by atoms with Gasteiger partial charge in [0.2, 0.25) is 0 Å². The van der Waals surface area contributed by atoms with E-state index in [1.807, 2.05) is 0 Å². The van der Waals surface area contributed by atoms with Gasteiger partial charge in [-0.3, -0.25) is 4.79 Å². The molecule has 17 heavy (non-hydrogen) atoms. The highest BCUT2D eigenvalue weighted by Crippen LogP contribution is 2.10. The topological polar surface area (TPSA) is 26.3 Å². The maximum absolute atomic E-state index is 10.8. The lowest BCUT2D eigenvalue weighted by molar-refractivity contribution is -0.140. The highest BCUT2D eigenvalue weighted by atomic mass is 32.1. The molecule has 0 rings (SSSR count). The first-order valence-corrected chi connectivity index (χ1v) is 7.71. The minimum absolute atomic E-state index is 0.192. The van der Waals surface area contributed by atoms with Crippen LogP contribution in [0.4, 0.5) is 0 Å². The molecule has 0 N–H and O–H groups in total. The minimum Gasteiger partial charge on any atom is -0.465 e. The molecule has 0 bridgehead atoms. The summed E-state index contributed by atoms with van der Waals surface area (Å²) in [5.74, 6) is -0.0122. The third-order valence-electron chi connectivity index (χ3n) is 2.89. The van der Waals surface area contributed by atoms with Crippen molar-refractivity contribution in [3.05, 3.63) is 0 Å². The van der Waals surface area contributed by atoms with Gasteiger partial charge in [0.15, 0.2) is 0 Å². The normalized spacial score (nSPS) is 10.5. The van der Waals surface area contributed by atoms with Crippen LogP contribution in [0.25, 0.3) is 0 Å². The van der Waals surface area contributed by atoms with Gasteiger partial charge in [0.25, 0.3) is 0 Å². The van der Waals surface area contributed by atoms with E-state index in [0.717, 1.165) is 6.42 Å². The molecule has 2 nitrogen and oxygen atoms in total. The van der Waals surface area contributed by atoms with Crippen LogP contribution in [0.1, 0.15) is 71.1 Å². The second kappa shape index (κ2) is 13.9. The Morgan fingerprint density at radius 3 is 1.82 bits per heavy atom. The van der Waals surface area contributed by atoms with Crippen LogP contribution in [-0.2, 0) is 9.53 Å². The lowest BCUT2D eigenvalue weighted by Crippen LogP contribution is -2.06. The lowest BCUT2D eigenvalue weighted by Gasteiger charge is -2.03. The van der Waals surface area contributed by atoms with E-state index >= 15 is 0 Å². The molecule has 0 saturated carbocycles. The number of carbonyl (C=O) groups is 1. The number of unbranched alkanes of at least 4 members (excludes halogenated alkanes) is 9. The van der Waals surface area contributed by atoms with Gasteiger partial charge in [-0.25, -0.2) is 0 Å². The fourth-order valence-electron chi connectivity index (χ4n) is 1.82. The average molecular weight is 260 g/mol. The number of carbonyl (C=O) groups excluding carboxylic acids is 1. The Kier molecular flexibility index (Phi) is 13.7. The number of hydrogen-bond acceptors (Lipinski definition) is 3. The maximum atomic E-state index is 10.8. The van der Waals surface area contributed by atoms with E-state index < -0.39 is 0 Å². The van der Waals surface area contributed by atoms with Gasteiger partial charge in [-0.1, -0.05) is 64.7 Å². The van der Waals surface area contributed by atoms with Crippen LogP contribution in [0.3, 0.4) is 0 Å². The van der Waals surface area contributed by atoms with Gasteiger partial charge in [0, 0.05) is 0 Å². The summed E-state index contributed by atoms with van der Waals surface area (Å²) in [4.78, 5) is 10.8. The fourth-order valence-corrected chi connectivity index (χ4v) is 1.91. The molecule has 0 unspecified atom stereocenters. The van der Waals surface area contributed by atoms with Crippen molar-refractivity contribution in [1.82, 2.24) is 0 Å². The third kappa shape index (κ3) is 13.8. The van der Waals surface area contributed by atoms with E-state index in [2.05, 4.69) is 19.6 Å². The van der Waals surface area contributed by atoms with E-state index in [1.165, 1.54) is 57.8 Å². The molecular formula is C14H28O2S. The monoisotopic (exact) mass is 260 g/mol. The Balaban J connectivity index is 2.96. The van der Waals surface area contributed by atoms with Crippen molar-refractivity contribution in [3.63, 3.8) is 0 Å². The zero-order valence-electron chi connectivity index (χ0n) is 11.2. The predicted octanol–water partition coefficient (Wildman–Crippen LogP) is 4.38. The number of hydrogen-bond donors (Lipinski definition) is 1. The quantitative estimate of drug-likeness (QED) is 0.320. The summed E-state index contributed by atoms with van der Waals surface area (Å²) in [5.41, 5.74) is 0. The minimum atomic E-state index is -0.204. The van der Waals surface area contributed by atoms with Gasteiger partial charge >= 0.3 is 5.97 Å². The summed E-state index contributed by atoms with van der Waals surface area (Å²) in [7, 11) is 0. The highest BCUT2D eigenvalue weighted by molar-refractivity contribution is 7.81. The molecule has 0 aliphatic heterocycles. The van der Waals surface area contributed by atoms with Crippen molar-refractivity contribution in [2.75, 3.05) is 12.4 Å². The molecule has 0 aliphatic rings. The summed E-state index contributed by atoms with van der Waals surface area (Å²) in [6.07, 6.45) is 13.0. The predicted molar refractivity (Wildman–Crippen MR) is 76.7 cm³/mol. The molecule has 0 aromatic heterocycles. The molecule has 0 atom stereocenters. The Labute approximate surface area is 112 Å². The Hall–Kier alpha value is -0.180. The third-order valence-corrected chi connectivity index (χ3v) is 3.15. The maximum Gasteiger partial charge on any atom is 0.315 e. The van der Waals surface area contributed by atoms with Crippen LogP contribution in [0.15, 0.2) is 0 Å². The van der Waals surface area contributed by atoms with Gasteiger partial charge in [0.05, 0.1) is 12.4 Å². The molecule has 3 heteroatoms. The lowest BCUT2D eigenvalue weighted by atomic mass is 10.1. The Morgan fingerprint density at radius 2 is 1.35 bits per heavy atom. The number of ether oxygens (including phenoxy) is 1. The van der Waals surface area contributed by atoms with Gasteiger partial charge in [-0.05, 0) is 6.42 Å². The Bertz CT molecular complexity index is 172. The van der Waals surface area contributed by atoms with Crippen LogP contribution in [0, 0.1) is 0 Å². The molecule has 0 aliphatic carbocycles. The first-order chi connectivity index (χ1) is 8.31. The van der Waals surface area contributed by atoms with Gasteiger partial charge in [-0.15, -0.1) is 0 Å². The SMILES string of the molecule is CCCCCCCCCCCCOC(=O)CS. The zero-order valence-corrected chi connectivity index (χ0v) is 12.1. The molecule has 0 amide bonds. The van der Waals surface area contributed by atoms with Crippen molar-refractivity contribution < 1.29 is 9.53 Å². The second-order valence-corrected chi connectivity index (χ2v) is 4.88. The fraction of sp³-hybridized carbons (Fsp3) is 0.929. The van der Waals surface area contributed by atoms with Gasteiger partial charge in [-0.2, -0.15) is 12.6 Å². The van der Waals surface area contributed by atoms with Crippen LogP contribution >= 0.6 is 12.6 Å². The first-order valence-electron chi connectivity index (χ1n) is 7.07. The van der Waals surface area contributed by atoms with Crippen molar-refractivity contribution in [3.8, 4) is 0 Å². The summed E-state index contributed by atoms with van der Waals surface area (Å²) < 4.78 is 4.95. The summed E-state index contributed by atoms with van der Waals surface area (Å²) in [5, 5.41) is 0.